The number of benzene rings is 1. The number of hydrogen-bond donors (Lipinski definition) is 0. The molecule has 0 N–H and O–H groups in total. The molecule has 108 valence electrons. The van der Waals surface area contributed by atoms with Crippen LogP contribution in [0.5, 0.6) is 0 Å². The smallest absolute Gasteiger partial charge is 0.164 e. The van der Waals surface area contributed by atoms with E-state index in [1.165, 1.54) is 12.1 Å². The number of aryl methyl sites for hydroxylation is 2. The first-order valence-electron chi connectivity index (χ1n) is 6.45. The van der Waals surface area contributed by atoms with Crippen molar-refractivity contribution in [3.8, 4) is 5.69 Å². The maximum Gasteiger partial charge on any atom is 0.164 e. The van der Waals surface area contributed by atoms with Crippen LogP contribution in [0.4, 0.5) is 4.39 Å². The second-order valence-electron chi connectivity index (χ2n) is 4.79. The Labute approximate surface area is 131 Å². The molecule has 2 aromatic heterocycles. The average molecular weight is 324 g/mol. The Hall–Kier alpha value is -1.65. The zero-order valence-corrected chi connectivity index (χ0v) is 12.8. The van der Waals surface area contributed by atoms with E-state index in [0.29, 0.717) is 28.7 Å². The Bertz CT molecular complexity index is 794. The summed E-state index contributed by atoms with van der Waals surface area (Å²) in [5.41, 5.74) is 3.04. The van der Waals surface area contributed by atoms with Gasteiger partial charge in [-0.3, -0.25) is 4.57 Å². The molecule has 0 unspecified atom stereocenters. The number of alkyl halides is 1. The van der Waals surface area contributed by atoms with Crippen LogP contribution in [0, 0.1) is 12.7 Å². The molecule has 0 amide bonds. The zero-order chi connectivity index (χ0) is 15.0. The summed E-state index contributed by atoms with van der Waals surface area (Å²) in [6, 6.07) is 6.30. The van der Waals surface area contributed by atoms with Gasteiger partial charge in [-0.2, -0.15) is 0 Å². The molecule has 2 heterocycles. The van der Waals surface area contributed by atoms with Crippen molar-refractivity contribution >= 4 is 34.4 Å². The summed E-state index contributed by atoms with van der Waals surface area (Å²) in [6.07, 6.45) is 2.32. The van der Waals surface area contributed by atoms with Gasteiger partial charge < -0.3 is 0 Å². The number of imidazole rings is 1. The second kappa shape index (κ2) is 5.62. The number of pyridine rings is 1. The summed E-state index contributed by atoms with van der Waals surface area (Å²) in [5.74, 6) is 0.758. The van der Waals surface area contributed by atoms with Gasteiger partial charge in [0, 0.05) is 23.5 Å². The molecule has 21 heavy (non-hydrogen) atoms. The molecule has 0 saturated carbocycles. The average Bonchev–Trinajstić information content (AvgIpc) is 2.75. The standard InChI is InChI=1S/C15H12Cl2FN3/c1-9-4-13-15(19-8-9)21(14(20-13)2-3-16)12-6-10(17)5-11(18)7-12/h4-8H,2-3H2,1H3. The highest BCUT2D eigenvalue weighted by Crippen LogP contribution is 2.24. The fourth-order valence-corrected chi connectivity index (χ4v) is 2.69. The zero-order valence-electron chi connectivity index (χ0n) is 11.3. The number of fused-ring (bicyclic) bond motifs is 1. The lowest BCUT2D eigenvalue weighted by molar-refractivity contribution is 0.626. The fraction of sp³-hybridized carbons (Fsp3) is 0.200. The Morgan fingerprint density at radius 2 is 2.05 bits per heavy atom. The third kappa shape index (κ3) is 2.74. The molecular formula is C15H12Cl2FN3. The van der Waals surface area contributed by atoms with Gasteiger partial charge >= 0.3 is 0 Å². The van der Waals surface area contributed by atoms with Gasteiger partial charge in [0.2, 0.25) is 0 Å². The van der Waals surface area contributed by atoms with Crippen molar-refractivity contribution in [2.45, 2.75) is 13.3 Å². The Morgan fingerprint density at radius 3 is 2.76 bits per heavy atom. The van der Waals surface area contributed by atoms with Crippen molar-refractivity contribution < 1.29 is 4.39 Å². The SMILES string of the molecule is Cc1cnc2c(c1)nc(CCCl)n2-c1cc(F)cc(Cl)c1. The molecule has 6 heteroatoms. The predicted molar refractivity (Wildman–Crippen MR) is 83.0 cm³/mol. The van der Waals surface area contributed by atoms with Crippen LogP contribution in [-0.4, -0.2) is 20.4 Å². The van der Waals surface area contributed by atoms with Gasteiger partial charge in [-0.25, -0.2) is 14.4 Å². The number of halogens is 3. The number of hydrogen-bond acceptors (Lipinski definition) is 2. The van der Waals surface area contributed by atoms with Gasteiger partial charge in [0.25, 0.3) is 0 Å². The summed E-state index contributed by atoms with van der Waals surface area (Å²) in [4.78, 5) is 8.96. The third-order valence-electron chi connectivity index (χ3n) is 3.13. The van der Waals surface area contributed by atoms with Crippen molar-refractivity contribution in [2.24, 2.45) is 0 Å². The van der Waals surface area contributed by atoms with Gasteiger partial charge in [-0.1, -0.05) is 11.6 Å². The maximum atomic E-state index is 13.6. The normalized spacial score (nSPS) is 11.2. The highest BCUT2D eigenvalue weighted by molar-refractivity contribution is 6.30. The molecule has 3 nitrogen and oxygen atoms in total. The molecule has 1 aromatic carbocycles. The minimum atomic E-state index is -0.400. The minimum Gasteiger partial charge on any atom is -0.281 e. The molecule has 0 aliphatic rings. The van der Waals surface area contributed by atoms with E-state index in [-0.39, 0.29) is 0 Å². The number of aromatic nitrogens is 3. The second-order valence-corrected chi connectivity index (χ2v) is 5.60. The van der Waals surface area contributed by atoms with E-state index in [2.05, 4.69) is 9.97 Å². The van der Waals surface area contributed by atoms with Gasteiger partial charge in [-0.05, 0) is 36.8 Å². The molecule has 3 rings (SSSR count). The number of nitrogens with zero attached hydrogens (tertiary/aromatic N) is 3. The summed E-state index contributed by atoms with van der Waals surface area (Å²) >= 11 is 11.8. The molecule has 0 fully saturated rings. The predicted octanol–water partition coefficient (Wildman–Crippen LogP) is 4.30. The Kier molecular flexibility index (Phi) is 3.83. The highest BCUT2D eigenvalue weighted by Gasteiger charge is 2.14. The lowest BCUT2D eigenvalue weighted by Gasteiger charge is -2.08. The van der Waals surface area contributed by atoms with E-state index in [9.17, 15) is 4.39 Å². The molecule has 0 radical (unpaired) electrons. The lowest BCUT2D eigenvalue weighted by Crippen LogP contribution is -2.03. The molecule has 0 atom stereocenters. The molecule has 0 saturated heterocycles. The van der Waals surface area contributed by atoms with E-state index in [0.717, 1.165) is 16.9 Å². The van der Waals surface area contributed by atoms with E-state index in [4.69, 9.17) is 23.2 Å². The first-order chi connectivity index (χ1) is 10.1. The summed E-state index contributed by atoms with van der Waals surface area (Å²) in [7, 11) is 0. The van der Waals surface area contributed by atoms with Gasteiger partial charge in [0.1, 0.15) is 17.2 Å². The van der Waals surface area contributed by atoms with Gasteiger partial charge in [0.15, 0.2) is 5.65 Å². The van der Waals surface area contributed by atoms with Crippen LogP contribution in [-0.2, 0) is 6.42 Å². The van der Waals surface area contributed by atoms with Crippen LogP contribution in [0.15, 0.2) is 30.5 Å². The molecule has 0 aliphatic carbocycles. The van der Waals surface area contributed by atoms with Crippen LogP contribution < -0.4 is 0 Å². The van der Waals surface area contributed by atoms with E-state index in [1.54, 1.807) is 16.8 Å². The summed E-state index contributed by atoms with van der Waals surface area (Å²) < 4.78 is 15.4. The molecule has 0 bridgehead atoms. The largest absolute Gasteiger partial charge is 0.281 e. The minimum absolute atomic E-state index is 0.329. The summed E-state index contributed by atoms with van der Waals surface area (Å²) in [6.45, 7) is 1.95. The lowest BCUT2D eigenvalue weighted by atomic mass is 10.3. The van der Waals surface area contributed by atoms with Gasteiger partial charge in [-0.15, -0.1) is 11.6 Å². The van der Waals surface area contributed by atoms with Crippen LogP contribution in [0.2, 0.25) is 5.02 Å². The van der Waals surface area contributed by atoms with Crippen molar-refractivity contribution in [3.63, 3.8) is 0 Å². The monoisotopic (exact) mass is 323 g/mol. The van der Waals surface area contributed by atoms with Crippen LogP contribution >= 0.6 is 23.2 Å². The van der Waals surface area contributed by atoms with Crippen LogP contribution in [0.25, 0.3) is 16.9 Å². The van der Waals surface area contributed by atoms with Crippen molar-refractivity contribution in [3.05, 3.63) is 52.7 Å². The van der Waals surface area contributed by atoms with Crippen molar-refractivity contribution in [2.75, 3.05) is 5.88 Å². The topological polar surface area (TPSA) is 30.7 Å². The fourth-order valence-electron chi connectivity index (χ4n) is 2.30. The summed E-state index contributed by atoms with van der Waals surface area (Å²) in [5, 5.41) is 0.329. The van der Waals surface area contributed by atoms with E-state index in [1.807, 2.05) is 13.0 Å². The van der Waals surface area contributed by atoms with Crippen LogP contribution in [0.1, 0.15) is 11.4 Å². The molecular weight excluding hydrogens is 312 g/mol. The third-order valence-corrected chi connectivity index (χ3v) is 3.53. The molecule has 0 spiro atoms. The van der Waals surface area contributed by atoms with Crippen molar-refractivity contribution in [1.29, 1.82) is 0 Å². The van der Waals surface area contributed by atoms with E-state index < -0.39 is 5.82 Å². The first-order valence-corrected chi connectivity index (χ1v) is 7.36. The first kappa shape index (κ1) is 14.3. The quantitative estimate of drug-likeness (QED) is 0.673. The number of rotatable bonds is 3. The molecule has 3 aromatic rings. The molecule has 0 aliphatic heterocycles. The van der Waals surface area contributed by atoms with Gasteiger partial charge in [0.05, 0.1) is 5.69 Å². The van der Waals surface area contributed by atoms with Crippen molar-refractivity contribution in [1.82, 2.24) is 14.5 Å². The van der Waals surface area contributed by atoms with Crippen LogP contribution in [0.3, 0.4) is 0 Å². The van der Waals surface area contributed by atoms with E-state index >= 15 is 0 Å². The Balaban J connectivity index is 2.30. The maximum absolute atomic E-state index is 13.6. The Morgan fingerprint density at radius 1 is 1.24 bits per heavy atom. The highest BCUT2D eigenvalue weighted by atomic mass is 35.5.